The van der Waals surface area contributed by atoms with Crippen LogP contribution in [-0.2, 0) is 24.2 Å². The average Bonchev–Trinajstić information content (AvgIpc) is 2.79. The van der Waals surface area contributed by atoms with Crippen molar-refractivity contribution in [2.24, 2.45) is 5.92 Å². The molecule has 20 heavy (non-hydrogen) atoms. The lowest BCUT2D eigenvalue weighted by atomic mass is 10.00. The minimum atomic E-state index is -0.704. The Bertz CT molecular complexity index is 646. The number of nitrogens with zero attached hydrogens (tertiary/aromatic N) is 2. The van der Waals surface area contributed by atoms with Crippen LogP contribution in [0.15, 0.2) is 30.5 Å². The Morgan fingerprint density at radius 2 is 2.35 bits per heavy atom. The molecule has 4 nitrogen and oxygen atoms in total. The van der Waals surface area contributed by atoms with Crippen molar-refractivity contribution in [3.05, 3.63) is 53.1 Å². The van der Waals surface area contributed by atoms with E-state index < -0.39 is 5.97 Å². The smallest absolute Gasteiger partial charge is 0.308 e. The fourth-order valence-corrected chi connectivity index (χ4v) is 2.82. The minimum absolute atomic E-state index is 0.275. The lowest BCUT2D eigenvalue weighted by Gasteiger charge is -2.19. The van der Waals surface area contributed by atoms with E-state index in [2.05, 4.69) is 36.2 Å². The Kier molecular flexibility index (Phi) is 3.30. The number of aryl methyl sites for hydroxylation is 2. The van der Waals surface area contributed by atoms with Gasteiger partial charge in [-0.25, -0.2) is 4.98 Å². The van der Waals surface area contributed by atoms with Gasteiger partial charge in [0.05, 0.1) is 11.6 Å². The van der Waals surface area contributed by atoms with Crippen molar-refractivity contribution >= 4 is 5.97 Å². The van der Waals surface area contributed by atoms with E-state index in [0.29, 0.717) is 13.0 Å². The number of hydrogen-bond donors (Lipinski definition) is 1. The summed E-state index contributed by atoms with van der Waals surface area (Å²) in [5.41, 5.74) is 3.52. The monoisotopic (exact) mass is 270 g/mol. The normalized spacial score (nSPS) is 17.8. The highest BCUT2D eigenvalue weighted by atomic mass is 16.4. The fourth-order valence-electron chi connectivity index (χ4n) is 2.82. The number of aromatic nitrogens is 2. The molecule has 2 heterocycles. The molecule has 2 aromatic rings. The van der Waals surface area contributed by atoms with E-state index in [9.17, 15) is 4.79 Å². The summed E-state index contributed by atoms with van der Waals surface area (Å²) in [6.07, 6.45) is 4.26. The number of imidazole rings is 1. The third kappa shape index (κ3) is 2.59. The van der Waals surface area contributed by atoms with Gasteiger partial charge in [-0.2, -0.15) is 0 Å². The lowest BCUT2D eigenvalue weighted by molar-refractivity contribution is -0.142. The second-order valence-corrected chi connectivity index (χ2v) is 5.54. The summed E-state index contributed by atoms with van der Waals surface area (Å²) < 4.78 is 2.01. The minimum Gasteiger partial charge on any atom is -0.481 e. The summed E-state index contributed by atoms with van der Waals surface area (Å²) in [5.74, 6) is 0.0401. The summed E-state index contributed by atoms with van der Waals surface area (Å²) in [4.78, 5) is 15.7. The van der Waals surface area contributed by atoms with Crippen molar-refractivity contribution in [3.63, 3.8) is 0 Å². The molecule has 3 rings (SSSR count). The standard InChI is InChI=1S/C16H18N2O2/c1-11-3-2-4-12(7-11)8-14-10-18-9-13(16(19)20)5-6-15(18)17-14/h2-4,7,10,13H,5-6,8-9H2,1H3,(H,19,20). The Balaban J connectivity index is 1.79. The molecule has 0 fully saturated rings. The number of fused-ring (bicyclic) bond motifs is 1. The molecule has 1 unspecified atom stereocenters. The quantitative estimate of drug-likeness (QED) is 0.932. The van der Waals surface area contributed by atoms with E-state index in [0.717, 1.165) is 24.4 Å². The van der Waals surface area contributed by atoms with Crippen molar-refractivity contribution in [2.75, 3.05) is 0 Å². The molecule has 0 bridgehead atoms. The number of benzene rings is 1. The van der Waals surface area contributed by atoms with Crippen molar-refractivity contribution in [1.82, 2.24) is 9.55 Å². The summed E-state index contributed by atoms with van der Waals surface area (Å²) in [6, 6.07) is 8.41. The van der Waals surface area contributed by atoms with Crippen molar-refractivity contribution in [3.8, 4) is 0 Å². The maximum Gasteiger partial charge on any atom is 0.308 e. The van der Waals surface area contributed by atoms with Crippen molar-refractivity contribution in [1.29, 1.82) is 0 Å². The molecule has 0 radical (unpaired) electrons. The fraction of sp³-hybridized carbons (Fsp3) is 0.375. The van der Waals surface area contributed by atoms with E-state index in [4.69, 9.17) is 5.11 Å². The Morgan fingerprint density at radius 1 is 1.50 bits per heavy atom. The molecule has 1 atom stereocenters. The highest BCUT2D eigenvalue weighted by Gasteiger charge is 2.25. The van der Waals surface area contributed by atoms with Gasteiger partial charge in [-0.3, -0.25) is 4.79 Å². The van der Waals surface area contributed by atoms with Gasteiger partial charge in [0, 0.05) is 25.6 Å². The van der Waals surface area contributed by atoms with Crippen molar-refractivity contribution < 1.29 is 9.90 Å². The van der Waals surface area contributed by atoms with Gasteiger partial charge in [0.1, 0.15) is 5.82 Å². The molecule has 0 saturated heterocycles. The van der Waals surface area contributed by atoms with Crippen LogP contribution in [0.25, 0.3) is 0 Å². The Hall–Kier alpha value is -2.10. The molecular weight excluding hydrogens is 252 g/mol. The maximum atomic E-state index is 11.1. The molecular formula is C16H18N2O2. The number of hydrogen-bond acceptors (Lipinski definition) is 2. The van der Waals surface area contributed by atoms with Gasteiger partial charge in [-0.1, -0.05) is 29.8 Å². The summed E-state index contributed by atoms with van der Waals surface area (Å²) >= 11 is 0. The maximum absolute atomic E-state index is 11.1. The molecule has 4 heteroatoms. The number of carboxylic acids is 1. The lowest BCUT2D eigenvalue weighted by Crippen LogP contribution is -2.26. The number of rotatable bonds is 3. The van der Waals surface area contributed by atoms with Gasteiger partial charge in [-0.15, -0.1) is 0 Å². The molecule has 1 N–H and O–H groups in total. The van der Waals surface area contributed by atoms with Crippen LogP contribution >= 0.6 is 0 Å². The van der Waals surface area contributed by atoms with Crippen LogP contribution in [0.5, 0.6) is 0 Å². The Labute approximate surface area is 118 Å². The van der Waals surface area contributed by atoms with E-state index in [1.807, 2.05) is 10.8 Å². The van der Waals surface area contributed by atoms with Gasteiger partial charge < -0.3 is 9.67 Å². The Morgan fingerprint density at radius 3 is 3.10 bits per heavy atom. The largest absolute Gasteiger partial charge is 0.481 e. The summed E-state index contributed by atoms with van der Waals surface area (Å²) in [6.45, 7) is 2.63. The molecule has 0 aliphatic carbocycles. The molecule has 1 aromatic heterocycles. The molecule has 1 aliphatic rings. The van der Waals surface area contributed by atoms with Crippen LogP contribution in [0.1, 0.15) is 29.1 Å². The first-order valence-corrected chi connectivity index (χ1v) is 6.95. The zero-order valence-electron chi connectivity index (χ0n) is 11.5. The zero-order valence-corrected chi connectivity index (χ0v) is 11.5. The van der Waals surface area contributed by atoms with Crippen LogP contribution in [0.3, 0.4) is 0 Å². The van der Waals surface area contributed by atoms with Crippen LogP contribution in [0, 0.1) is 12.8 Å². The van der Waals surface area contributed by atoms with Crippen LogP contribution in [0.4, 0.5) is 0 Å². The van der Waals surface area contributed by atoms with Gasteiger partial charge >= 0.3 is 5.97 Å². The first-order valence-electron chi connectivity index (χ1n) is 6.95. The predicted octanol–water partition coefficient (Wildman–Crippen LogP) is 2.43. The van der Waals surface area contributed by atoms with E-state index in [1.54, 1.807) is 0 Å². The summed E-state index contributed by atoms with van der Waals surface area (Å²) in [5, 5.41) is 9.10. The second kappa shape index (κ2) is 5.12. The number of carboxylic acid groups (broad SMARTS) is 1. The number of carbonyl (C=O) groups is 1. The van der Waals surface area contributed by atoms with Gasteiger partial charge in [0.25, 0.3) is 0 Å². The number of aliphatic carboxylic acids is 1. The van der Waals surface area contributed by atoms with E-state index >= 15 is 0 Å². The highest BCUT2D eigenvalue weighted by Crippen LogP contribution is 2.21. The predicted molar refractivity (Wildman–Crippen MR) is 75.7 cm³/mol. The first kappa shape index (κ1) is 12.9. The summed E-state index contributed by atoms with van der Waals surface area (Å²) in [7, 11) is 0. The molecule has 0 amide bonds. The van der Waals surface area contributed by atoms with Gasteiger partial charge in [-0.05, 0) is 18.9 Å². The van der Waals surface area contributed by atoms with Crippen molar-refractivity contribution in [2.45, 2.75) is 32.7 Å². The third-order valence-electron chi connectivity index (χ3n) is 3.86. The first-order chi connectivity index (χ1) is 9.61. The van der Waals surface area contributed by atoms with Gasteiger partial charge in [0.2, 0.25) is 0 Å². The SMILES string of the molecule is Cc1cccc(Cc2cn3c(n2)CCC(C(=O)O)C3)c1. The average molecular weight is 270 g/mol. The topological polar surface area (TPSA) is 55.1 Å². The van der Waals surface area contributed by atoms with E-state index in [-0.39, 0.29) is 5.92 Å². The van der Waals surface area contributed by atoms with Gasteiger partial charge in [0.15, 0.2) is 0 Å². The van der Waals surface area contributed by atoms with Crippen LogP contribution < -0.4 is 0 Å². The molecule has 1 aliphatic heterocycles. The van der Waals surface area contributed by atoms with Crippen LogP contribution in [0.2, 0.25) is 0 Å². The molecule has 0 spiro atoms. The third-order valence-corrected chi connectivity index (χ3v) is 3.86. The molecule has 104 valence electrons. The van der Waals surface area contributed by atoms with E-state index in [1.165, 1.54) is 11.1 Å². The molecule has 0 saturated carbocycles. The highest BCUT2D eigenvalue weighted by molar-refractivity contribution is 5.70. The zero-order chi connectivity index (χ0) is 14.1. The van der Waals surface area contributed by atoms with Crippen LogP contribution in [-0.4, -0.2) is 20.6 Å². The second-order valence-electron chi connectivity index (χ2n) is 5.54. The molecule has 1 aromatic carbocycles.